The summed E-state index contributed by atoms with van der Waals surface area (Å²) in [6.07, 6.45) is 31.5. The topological polar surface area (TPSA) is 72.8 Å². The maximum atomic E-state index is 11.9. The number of carbonyl (C=O) groups is 2. The maximum Gasteiger partial charge on any atom is 0.305 e. The van der Waals surface area contributed by atoms with E-state index in [1.165, 1.54) is 128 Å². The summed E-state index contributed by atoms with van der Waals surface area (Å²) >= 11 is 0. The third-order valence-electron chi connectivity index (χ3n) is 8.38. The molecule has 41 heavy (non-hydrogen) atoms. The minimum atomic E-state index is -0.954. The minimum absolute atomic E-state index is 0.109. The van der Waals surface area contributed by atoms with E-state index in [0.29, 0.717) is 12.8 Å². The van der Waals surface area contributed by atoms with Crippen LogP contribution >= 0.6 is 0 Å². The first-order valence-corrected chi connectivity index (χ1v) is 18.0. The van der Waals surface area contributed by atoms with E-state index in [4.69, 9.17) is 9.47 Å². The van der Waals surface area contributed by atoms with Gasteiger partial charge in [0.05, 0.1) is 0 Å². The van der Waals surface area contributed by atoms with Crippen LogP contribution in [0.2, 0.25) is 0 Å². The van der Waals surface area contributed by atoms with E-state index in [1.54, 1.807) is 0 Å². The van der Waals surface area contributed by atoms with Crippen molar-refractivity contribution in [1.29, 1.82) is 0 Å². The lowest BCUT2D eigenvalue weighted by atomic mass is 9.99. The van der Waals surface area contributed by atoms with Crippen molar-refractivity contribution in [3.8, 4) is 0 Å². The molecule has 0 radical (unpaired) electrons. The Balaban J connectivity index is 3.41. The summed E-state index contributed by atoms with van der Waals surface area (Å²) in [7, 11) is 0. The molecule has 0 saturated heterocycles. The highest BCUT2D eigenvalue weighted by Gasteiger charge is 2.12. The van der Waals surface area contributed by atoms with Crippen LogP contribution in [0.3, 0.4) is 0 Å². The number of hydrogen-bond donors (Lipinski definition) is 1. The molecular weight excluding hydrogens is 512 g/mol. The van der Waals surface area contributed by atoms with Crippen LogP contribution < -0.4 is 0 Å². The first kappa shape index (κ1) is 39.9. The third-order valence-corrected chi connectivity index (χ3v) is 8.38. The zero-order chi connectivity index (χ0) is 30.2. The van der Waals surface area contributed by atoms with Crippen molar-refractivity contribution < 1.29 is 24.2 Å². The highest BCUT2D eigenvalue weighted by molar-refractivity contribution is 5.69. The van der Waals surface area contributed by atoms with Gasteiger partial charge in [-0.05, 0) is 18.8 Å². The monoisotopic (exact) mass is 583 g/mol. The van der Waals surface area contributed by atoms with Crippen LogP contribution in [0.15, 0.2) is 0 Å². The van der Waals surface area contributed by atoms with Crippen LogP contribution in [0.4, 0.5) is 0 Å². The van der Waals surface area contributed by atoms with Crippen LogP contribution in [0.1, 0.15) is 194 Å². The van der Waals surface area contributed by atoms with Gasteiger partial charge in [0.2, 0.25) is 0 Å². The highest BCUT2D eigenvalue weighted by Crippen LogP contribution is 2.16. The summed E-state index contributed by atoms with van der Waals surface area (Å²) in [6.45, 7) is 6.65. The smallest absolute Gasteiger partial charge is 0.305 e. The molecule has 0 amide bonds. The van der Waals surface area contributed by atoms with Gasteiger partial charge in [0.1, 0.15) is 19.3 Å². The molecule has 0 aliphatic rings. The van der Waals surface area contributed by atoms with Crippen LogP contribution in [0.5, 0.6) is 0 Å². The predicted octanol–water partition coefficient (Wildman–Crippen LogP) is 10.6. The second-order valence-electron chi connectivity index (χ2n) is 12.6. The summed E-state index contributed by atoms with van der Waals surface area (Å²) in [5.41, 5.74) is 0. The van der Waals surface area contributed by atoms with Gasteiger partial charge in [-0.2, -0.15) is 0 Å². The molecule has 5 heteroatoms. The molecule has 0 saturated carbocycles. The Morgan fingerprint density at radius 2 is 0.829 bits per heavy atom. The third kappa shape index (κ3) is 31.7. The van der Waals surface area contributed by atoms with E-state index < -0.39 is 6.10 Å². The summed E-state index contributed by atoms with van der Waals surface area (Å²) < 4.78 is 10.3. The number of unbranched alkanes of at least 4 members (excludes halogenated alkanes) is 21. The fraction of sp³-hybridized carbons (Fsp3) is 0.944. The number of aliphatic hydroxyl groups is 1. The Hall–Kier alpha value is -1.10. The van der Waals surface area contributed by atoms with E-state index in [0.717, 1.165) is 38.0 Å². The zero-order valence-corrected chi connectivity index (χ0v) is 27.7. The number of esters is 2. The summed E-state index contributed by atoms with van der Waals surface area (Å²) in [5, 5.41) is 9.97. The summed E-state index contributed by atoms with van der Waals surface area (Å²) in [4.78, 5) is 23.8. The van der Waals surface area contributed by atoms with E-state index >= 15 is 0 Å². The molecule has 244 valence electrons. The number of rotatable bonds is 32. The van der Waals surface area contributed by atoms with Crippen molar-refractivity contribution in [2.45, 2.75) is 200 Å². The van der Waals surface area contributed by atoms with Crippen molar-refractivity contribution >= 4 is 11.9 Å². The molecule has 0 aliphatic heterocycles. The van der Waals surface area contributed by atoms with Crippen molar-refractivity contribution in [3.05, 3.63) is 0 Å². The second-order valence-corrected chi connectivity index (χ2v) is 12.6. The van der Waals surface area contributed by atoms with Crippen LogP contribution in [-0.4, -0.2) is 36.4 Å². The number of ether oxygens (including phenoxy) is 2. The van der Waals surface area contributed by atoms with E-state index in [2.05, 4.69) is 20.8 Å². The first-order chi connectivity index (χ1) is 20.0. The molecular formula is C36H70O5. The zero-order valence-electron chi connectivity index (χ0n) is 27.7. The average molecular weight is 583 g/mol. The predicted molar refractivity (Wildman–Crippen MR) is 173 cm³/mol. The van der Waals surface area contributed by atoms with E-state index in [9.17, 15) is 14.7 Å². The highest BCUT2D eigenvalue weighted by atomic mass is 16.6. The van der Waals surface area contributed by atoms with Gasteiger partial charge in [0.15, 0.2) is 0 Å². The lowest BCUT2D eigenvalue weighted by Crippen LogP contribution is -2.25. The molecule has 0 aromatic carbocycles. The van der Waals surface area contributed by atoms with E-state index in [1.807, 2.05) is 0 Å². The average Bonchev–Trinajstić information content (AvgIpc) is 2.97. The molecule has 0 spiro atoms. The fourth-order valence-corrected chi connectivity index (χ4v) is 5.24. The van der Waals surface area contributed by atoms with Crippen molar-refractivity contribution in [1.82, 2.24) is 0 Å². The molecule has 0 bridgehead atoms. The van der Waals surface area contributed by atoms with Crippen LogP contribution in [0.25, 0.3) is 0 Å². The SMILES string of the molecule is CCCCCCCCCCCCCCCCCC(=O)OC[C@@H](O)COC(=O)CCCCCCCCCCC(C)CC. The quantitative estimate of drug-likeness (QED) is 0.0631. The van der Waals surface area contributed by atoms with Crippen LogP contribution in [-0.2, 0) is 19.1 Å². The summed E-state index contributed by atoms with van der Waals surface area (Å²) in [6, 6.07) is 0. The molecule has 0 rings (SSSR count). The van der Waals surface area contributed by atoms with E-state index in [-0.39, 0.29) is 25.2 Å². The first-order valence-electron chi connectivity index (χ1n) is 18.0. The Morgan fingerprint density at radius 3 is 1.17 bits per heavy atom. The van der Waals surface area contributed by atoms with Crippen LogP contribution in [0, 0.1) is 5.92 Å². The molecule has 0 aliphatic carbocycles. The second kappa shape index (κ2) is 31.8. The van der Waals surface area contributed by atoms with Crippen molar-refractivity contribution in [2.75, 3.05) is 13.2 Å². The van der Waals surface area contributed by atoms with Gasteiger partial charge in [-0.3, -0.25) is 9.59 Å². The molecule has 5 nitrogen and oxygen atoms in total. The van der Waals surface area contributed by atoms with Gasteiger partial charge >= 0.3 is 11.9 Å². The number of hydrogen-bond acceptors (Lipinski definition) is 5. The number of carbonyl (C=O) groups excluding carboxylic acids is 2. The van der Waals surface area contributed by atoms with Gasteiger partial charge in [-0.25, -0.2) is 0 Å². The Morgan fingerprint density at radius 1 is 0.512 bits per heavy atom. The Bertz CT molecular complexity index is 564. The summed E-state index contributed by atoms with van der Waals surface area (Å²) in [5.74, 6) is 0.304. The minimum Gasteiger partial charge on any atom is -0.463 e. The molecule has 0 aromatic rings. The van der Waals surface area contributed by atoms with Crippen molar-refractivity contribution in [2.24, 2.45) is 5.92 Å². The van der Waals surface area contributed by atoms with Gasteiger partial charge in [-0.1, -0.05) is 168 Å². The number of aliphatic hydroxyl groups excluding tert-OH is 1. The van der Waals surface area contributed by atoms with Gasteiger partial charge < -0.3 is 14.6 Å². The molecule has 0 aromatic heterocycles. The standard InChI is InChI=1S/C36H70O5/c1-4-6-7-8-9-10-11-12-13-14-15-16-20-23-26-29-35(38)40-31-34(37)32-41-36(39)30-27-24-21-18-17-19-22-25-28-33(3)5-2/h33-34,37H,4-32H2,1-3H3/t33?,34-/m1/s1. The molecule has 0 fully saturated rings. The maximum absolute atomic E-state index is 11.9. The lowest BCUT2D eigenvalue weighted by Gasteiger charge is -2.12. The lowest BCUT2D eigenvalue weighted by molar-refractivity contribution is -0.152. The Labute approximate surface area is 255 Å². The Kier molecular flexibility index (Phi) is 31.0. The molecule has 2 atom stereocenters. The molecule has 1 N–H and O–H groups in total. The fourth-order valence-electron chi connectivity index (χ4n) is 5.24. The molecule has 0 heterocycles. The van der Waals surface area contributed by atoms with Gasteiger partial charge in [-0.15, -0.1) is 0 Å². The van der Waals surface area contributed by atoms with Gasteiger partial charge in [0.25, 0.3) is 0 Å². The van der Waals surface area contributed by atoms with Gasteiger partial charge in [0, 0.05) is 12.8 Å². The normalized spacial score (nSPS) is 12.8. The molecule has 1 unspecified atom stereocenters. The van der Waals surface area contributed by atoms with Crippen molar-refractivity contribution in [3.63, 3.8) is 0 Å². The largest absolute Gasteiger partial charge is 0.463 e.